The average Bonchev–Trinajstić information content (AvgIpc) is 2.70. The number of hydrogen-bond acceptors (Lipinski definition) is 2. The molecule has 2 rings (SSSR count). The Labute approximate surface area is 97.3 Å². The third kappa shape index (κ3) is 1.96. The summed E-state index contributed by atoms with van der Waals surface area (Å²) < 4.78 is 0. The van der Waals surface area contributed by atoms with Crippen LogP contribution in [0.5, 0.6) is 0 Å². The summed E-state index contributed by atoms with van der Waals surface area (Å²) in [6, 6.07) is 9.58. The van der Waals surface area contributed by atoms with Gasteiger partial charge in [-0.05, 0) is 36.2 Å². The van der Waals surface area contributed by atoms with Crippen molar-refractivity contribution in [3.05, 3.63) is 45.8 Å². The average molecular weight is 237 g/mol. The number of benzene rings is 1. The summed E-state index contributed by atoms with van der Waals surface area (Å²) in [5.74, 6) is 0. The van der Waals surface area contributed by atoms with E-state index in [0.717, 1.165) is 32.2 Å². The van der Waals surface area contributed by atoms with E-state index in [1.54, 1.807) is 0 Å². The van der Waals surface area contributed by atoms with Crippen LogP contribution in [0.25, 0.3) is 10.4 Å². The minimum absolute atomic E-state index is 0.740. The third-order valence-corrected chi connectivity index (χ3v) is 3.73. The molecule has 0 unspecified atom stereocenters. The topological polar surface area (TPSA) is 17.1 Å². The van der Waals surface area contributed by atoms with E-state index in [1.165, 1.54) is 11.3 Å². The van der Waals surface area contributed by atoms with Gasteiger partial charge in [0.1, 0.15) is 0 Å². The normalized spacial score (nSPS) is 10.3. The number of thiophene rings is 1. The number of rotatable bonds is 2. The predicted octanol–water partition coefficient (Wildman–Crippen LogP) is 4.19. The standard InChI is InChI=1S/C12H9ClOS/c1-8-10(3-2-4-11(8)13)12-6-5-9(7-14)15-12/h2-7H,1H3. The molecule has 0 atom stereocenters. The molecule has 76 valence electrons. The van der Waals surface area contributed by atoms with Crippen LogP contribution < -0.4 is 0 Å². The monoisotopic (exact) mass is 236 g/mol. The van der Waals surface area contributed by atoms with Crippen LogP contribution >= 0.6 is 22.9 Å². The summed E-state index contributed by atoms with van der Waals surface area (Å²) >= 11 is 7.52. The summed E-state index contributed by atoms with van der Waals surface area (Å²) in [4.78, 5) is 12.4. The number of halogens is 1. The van der Waals surface area contributed by atoms with E-state index in [9.17, 15) is 4.79 Å². The molecule has 0 aliphatic rings. The molecular formula is C12H9ClOS. The van der Waals surface area contributed by atoms with Gasteiger partial charge in [0, 0.05) is 9.90 Å². The van der Waals surface area contributed by atoms with Gasteiger partial charge in [0.2, 0.25) is 0 Å². The van der Waals surface area contributed by atoms with E-state index in [4.69, 9.17) is 11.6 Å². The van der Waals surface area contributed by atoms with Crippen LogP contribution in [0.3, 0.4) is 0 Å². The first-order valence-electron chi connectivity index (χ1n) is 4.53. The highest BCUT2D eigenvalue weighted by molar-refractivity contribution is 7.17. The number of carbonyl (C=O) groups is 1. The zero-order valence-electron chi connectivity index (χ0n) is 8.16. The number of carbonyl (C=O) groups excluding carboxylic acids is 1. The lowest BCUT2D eigenvalue weighted by Gasteiger charge is -2.04. The van der Waals surface area contributed by atoms with E-state index in [2.05, 4.69) is 0 Å². The molecule has 0 fully saturated rings. The molecule has 0 aliphatic carbocycles. The smallest absolute Gasteiger partial charge is 0.160 e. The van der Waals surface area contributed by atoms with E-state index in [1.807, 2.05) is 37.3 Å². The van der Waals surface area contributed by atoms with E-state index in [-0.39, 0.29) is 0 Å². The van der Waals surface area contributed by atoms with Crippen LogP contribution in [0.1, 0.15) is 15.2 Å². The lowest BCUT2D eigenvalue weighted by Crippen LogP contribution is -1.80. The van der Waals surface area contributed by atoms with Crippen molar-refractivity contribution in [1.29, 1.82) is 0 Å². The first kappa shape index (κ1) is 10.4. The molecule has 0 amide bonds. The minimum atomic E-state index is 0.740. The second kappa shape index (κ2) is 4.17. The fourth-order valence-corrected chi connectivity index (χ4v) is 2.52. The first-order valence-corrected chi connectivity index (χ1v) is 5.72. The molecule has 0 saturated carbocycles. The van der Waals surface area contributed by atoms with Crippen molar-refractivity contribution < 1.29 is 4.79 Å². The van der Waals surface area contributed by atoms with Crippen LogP contribution in [0.2, 0.25) is 5.02 Å². The second-order valence-corrected chi connectivity index (χ2v) is 4.75. The summed E-state index contributed by atoms with van der Waals surface area (Å²) in [6.07, 6.45) is 0.869. The van der Waals surface area contributed by atoms with Crippen molar-refractivity contribution in [2.75, 3.05) is 0 Å². The predicted molar refractivity (Wildman–Crippen MR) is 64.9 cm³/mol. The Balaban J connectivity index is 2.53. The number of hydrogen-bond donors (Lipinski definition) is 0. The quantitative estimate of drug-likeness (QED) is 0.715. The van der Waals surface area contributed by atoms with Crippen molar-refractivity contribution in [2.45, 2.75) is 6.92 Å². The van der Waals surface area contributed by atoms with Crippen LogP contribution in [0.15, 0.2) is 30.3 Å². The largest absolute Gasteiger partial charge is 0.297 e. The van der Waals surface area contributed by atoms with E-state index >= 15 is 0 Å². The van der Waals surface area contributed by atoms with Gasteiger partial charge in [-0.15, -0.1) is 11.3 Å². The number of aldehydes is 1. The van der Waals surface area contributed by atoms with Crippen molar-refractivity contribution >= 4 is 29.2 Å². The van der Waals surface area contributed by atoms with Gasteiger partial charge < -0.3 is 0 Å². The maximum Gasteiger partial charge on any atom is 0.160 e. The Morgan fingerprint density at radius 1 is 1.27 bits per heavy atom. The van der Waals surface area contributed by atoms with Crippen LogP contribution in [-0.2, 0) is 0 Å². The molecule has 0 bridgehead atoms. The molecule has 0 aliphatic heterocycles. The summed E-state index contributed by atoms with van der Waals surface area (Å²) in [7, 11) is 0. The molecule has 1 aromatic heterocycles. The van der Waals surface area contributed by atoms with Gasteiger partial charge in [-0.2, -0.15) is 0 Å². The zero-order valence-corrected chi connectivity index (χ0v) is 9.73. The zero-order chi connectivity index (χ0) is 10.8. The molecule has 0 radical (unpaired) electrons. The Bertz CT molecular complexity index is 502. The molecule has 1 heterocycles. The van der Waals surface area contributed by atoms with Crippen molar-refractivity contribution in [3.63, 3.8) is 0 Å². The highest BCUT2D eigenvalue weighted by Gasteiger charge is 2.07. The van der Waals surface area contributed by atoms with E-state index < -0.39 is 0 Å². The maximum atomic E-state index is 10.6. The van der Waals surface area contributed by atoms with Gasteiger partial charge in [0.05, 0.1) is 4.88 Å². The van der Waals surface area contributed by atoms with Crippen molar-refractivity contribution in [2.24, 2.45) is 0 Å². The Morgan fingerprint density at radius 3 is 2.73 bits per heavy atom. The van der Waals surface area contributed by atoms with Gasteiger partial charge >= 0.3 is 0 Å². The van der Waals surface area contributed by atoms with Gasteiger partial charge in [-0.3, -0.25) is 4.79 Å². The summed E-state index contributed by atoms with van der Waals surface area (Å²) in [6.45, 7) is 1.98. The SMILES string of the molecule is Cc1c(Cl)cccc1-c1ccc(C=O)s1. The molecule has 2 aromatic rings. The van der Waals surface area contributed by atoms with Gasteiger partial charge in [0.25, 0.3) is 0 Å². The molecule has 15 heavy (non-hydrogen) atoms. The highest BCUT2D eigenvalue weighted by atomic mass is 35.5. The van der Waals surface area contributed by atoms with Gasteiger partial charge in [-0.1, -0.05) is 23.7 Å². The second-order valence-electron chi connectivity index (χ2n) is 3.23. The first-order chi connectivity index (χ1) is 7.22. The van der Waals surface area contributed by atoms with Crippen LogP contribution in [0, 0.1) is 6.92 Å². The lowest BCUT2D eigenvalue weighted by atomic mass is 10.1. The maximum absolute atomic E-state index is 10.6. The van der Waals surface area contributed by atoms with Crippen molar-refractivity contribution in [3.8, 4) is 10.4 Å². The third-order valence-electron chi connectivity index (χ3n) is 2.28. The van der Waals surface area contributed by atoms with Crippen LogP contribution in [-0.4, -0.2) is 6.29 Å². The Morgan fingerprint density at radius 2 is 2.07 bits per heavy atom. The summed E-state index contributed by atoms with van der Waals surface area (Å²) in [5, 5.41) is 0.758. The van der Waals surface area contributed by atoms with Crippen LogP contribution in [0.4, 0.5) is 0 Å². The minimum Gasteiger partial charge on any atom is -0.297 e. The Hall–Kier alpha value is -1.12. The van der Waals surface area contributed by atoms with Crippen molar-refractivity contribution in [1.82, 2.24) is 0 Å². The fourth-order valence-electron chi connectivity index (χ4n) is 1.44. The molecule has 0 spiro atoms. The molecule has 0 N–H and O–H groups in total. The van der Waals surface area contributed by atoms with Gasteiger partial charge in [-0.25, -0.2) is 0 Å². The molecule has 1 aromatic carbocycles. The molecule has 1 nitrogen and oxygen atoms in total. The van der Waals surface area contributed by atoms with Gasteiger partial charge in [0.15, 0.2) is 6.29 Å². The molecule has 3 heteroatoms. The fraction of sp³-hybridized carbons (Fsp3) is 0.0833. The Kier molecular flexibility index (Phi) is 2.89. The lowest BCUT2D eigenvalue weighted by molar-refractivity contribution is 0.112. The molecular weight excluding hydrogens is 228 g/mol. The molecule has 0 saturated heterocycles. The highest BCUT2D eigenvalue weighted by Crippen LogP contribution is 2.32. The van der Waals surface area contributed by atoms with E-state index in [0.29, 0.717) is 0 Å². The summed E-state index contributed by atoms with van der Waals surface area (Å²) in [5.41, 5.74) is 2.15.